The lowest BCUT2D eigenvalue weighted by atomic mass is 10.1. The number of fused-ring (bicyclic) bond motifs is 3. The number of hydrogen-bond donors (Lipinski definition) is 1. The summed E-state index contributed by atoms with van der Waals surface area (Å²) in [5.74, 6) is 0.443. The van der Waals surface area contributed by atoms with Crippen LogP contribution in [0.2, 0.25) is 0 Å². The fourth-order valence-electron chi connectivity index (χ4n) is 2.28. The van der Waals surface area contributed by atoms with E-state index in [4.69, 9.17) is 0 Å². The number of hydrogen-bond acceptors (Lipinski definition) is 1. The molecule has 0 amide bonds. The molecule has 1 aromatic heterocycles. The number of aromatic amines is 1. The molecule has 0 radical (unpaired) electrons. The Balaban J connectivity index is 2.38. The van der Waals surface area contributed by atoms with E-state index in [1.165, 1.54) is 0 Å². The Morgan fingerprint density at radius 2 is 2.14 bits per heavy atom. The van der Waals surface area contributed by atoms with Crippen LogP contribution in [-0.4, -0.2) is 10.8 Å². The summed E-state index contributed by atoms with van der Waals surface area (Å²) in [7, 11) is 0. The Kier molecular flexibility index (Phi) is 1.38. The first-order valence-electron chi connectivity index (χ1n) is 4.91. The second-order valence-corrected chi connectivity index (χ2v) is 3.99. The van der Waals surface area contributed by atoms with E-state index in [2.05, 4.69) is 4.98 Å². The van der Waals surface area contributed by atoms with Crippen molar-refractivity contribution >= 4 is 16.7 Å². The highest BCUT2D eigenvalue weighted by Crippen LogP contribution is 2.32. The summed E-state index contributed by atoms with van der Waals surface area (Å²) >= 11 is 0. The molecule has 3 rings (SSSR count). The molecule has 0 fully saturated rings. The molecular formula is C12H11NO. The van der Waals surface area contributed by atoms with Gasteiger partial charge in [-0.3, -0.25) is 4.79 Å². The van der Waals surface area contributed by atoms with E-state index in [1.54, 1.807) is 0 Å². The van der Waals surface area contributed by atoms with Gasteiger partial charge in [-0.05, 0) is 12.5 Å². The van der Waals surface area contributed by atoms with Crippen molar-refractivity contribution in [1.82, 2.24) is 4.98 Å². The van der Waals surface area contributed by atoms with Gasteiger partial charge in [-0.15, -0.1) is 0 Å². The molecule has 1 N–H and O–H groups in total. The van der Waals surface area contributed by atoms with Crippen LogP contribution in [0.5, 0.6) is 0 Å². The lowest BCUT2D eigenvalue weighted by molar-refractivity contribution is 0.0947. The zero-order chi connectivity index (χ0) is 9.71. The number of para-hydroxylation sites is 1. The van der Waals surface area contributed by atoms with E-state index in [9.17, 15) is 4.79 Å². The minimum Gasteiger partial charge on any atom is -0.358 e. The number of carbonyl (C=O) groups excluding carboxylic acids is 1. The maximum Gasteiger partial charge on any atom is 0.168 e. The van der Waals surface area contributed by atoms with Crippen LogP contribution in [0.15, 0.2) is 24.3 Å². The fraction of sp³-hybridized carbons (Fsp3) is 0.250. The summed E-state index contributed by atoms with van der Waals surface area (Å²) in [6, 6.07) is 8.00. The zero-order valence-corrected chi connectivity index (χ0v) is 8.00. The molecule has 0 spiro atoms. The Morgan fingerprint density at radius 1 is 1.36 bits per heavy atom. The Bertz CT molecular complexity index is 524. The number of ketones is 1. The number of aromatic nitrogens is 1. The van der Waals surface area contributed by atoms with Crippen molar-refractivity contribution in [2.75, 3.05) is 0 Å². The normalized spacial score (nSPS) is 20.4. The van der Waals surface area contributed by atoms with Gasteiger partial charge in [0.1, 0.15) is 0 Å². The zero-order valence-electron chi connectivity index (χ0n) is 8.00. The Hall–Kier alpha value is -1.57. The van der Waals surface area contributed by atoms with Gasteiger partial charge < -0.3 is 4.98 Å². The van der Waals surface area contributed by atoms with E-state index >= 15 is 0 Å². The number of Topliss-reactive ketones (excluding diaryl/α,β-unsaturated/α-hetero) is 1. The molecule has 1 aromatic carbocycles. The molecule has 1 heterocycles. The van der Waals surface area contributed by atoms with Crippen molar-refractivity contribution < 1.29 is 4.79 Å². The van der Waals surface area contributed by atoms with Crippen LogP contribution in [-0.2, 0) is 6.42 Å². The highest BCUT2D eigenvalue weighted by Gasteiger charge is 2.30. The highest BCUT2D eigenvalue weighted by atomic mass is 16.1. The van der Waals surface area contributed by atoms with Crippen LogP contribution >= 0.6 is 0 Å². The van der Waals surface area contributed by atoms with Crippen LogP contribution in [0, 0.1) is 5.92 Å². The van der Waals surface area contributed by atoms with Gasteiger partial charge >= 0.3 is 0 Å². The number of H-pyrrole nitrogens is 1. The predicted molar refractivity (Wildman–Crippen MR) is 55.5 cm³/mol. The van der Waals surface area contributed by atoms with Crippen molar-refractivity contribution in [3.8, 4) is 0 Å². The van der Waals surface area contributed by atoms with Crippen LogP contribution in [0.3, 0.4) is 0 Å². The van der Waals surface area contributed by atoms with Crippen molar-refractivity contribution in [3.05, 3.63) is 35.5 Å². The van der Waals surface area contributed by atoms with E-state index in [0.29, 0.717) is 0 Å². The van der Waals surface area contributed by atoms with Gasteiger partial charge in [-0.2, -0.15) is 0 Å². The topological polar surface area (TPSA) is 32.9 Å². The monoisotopic (exact) mass is 185 g/mol. The largest absolute Gasteiger partial charge is 0.358 e. The standard InChI is InChI=1S/C12H11NO/c1-7-6-10-11(12(7)14)8-4-2-3-5-9(8)13-10/h2-5,7,13H,6H2,1H3. The minimum absolute atomic E-state index is 0.154. The molecular weight excluding hydrogens is 174 g/mol. The number of rotatable bonds is 0. The molecule has 1 aliphatic carbocycles. The third-order valence-electron chi connectivity index (χ3n) is 2.99. The Labute approximate surface area is 81.9 Å². The number of carbonyl (C=O) groups is 1. The molecule has 1 unspecified atom stereocenters. The molecule has 0 aliphatic heterocycles. The minimum atomic E-state index is 0.154. The number of nitrogens with one attached hydrogen (secondary N) is 1. The lowest BCUT2D eigenvalue weighted by Gasteiger charge is -1.97. The lowest BCUT2D eigenvalue weighted by Crippen LogP contribution is -2.03. The fourth-order valence-corrected chi connectivity index (χ4v) is 2.28. The summed E-state index contributed by atoms with van der Waals surface area (Å²) in [6.45, 7) is 1.99. The molecule has 1 aliphatic rings. The van der Waals surface area contributed by atoms with Gasteiger partial charge in [-0.1, -0.05) is 25.1 Å². The Morgan fingerprint density at radius 3 is 3.00 bits per heavy atom. The van der Waals surface area contributed by atoms with Gasteiger partial charge in [0, 0.05) is 28.1 Å². The summed E-state index contributed by atoms with van der Waals surface area (Å²) in [6.07, 6.45) is 0.864. The number of benzene rings is 1. The van der Waals surface area contributed by atoms with Crippen LogP contribution in [0.1, 0.15) is 23.0 Å². The molecule has 1 atom stereocenters. The van der Waals surface area contributed by atoms with E-state index in [1.807, 2.05) is 31.2 Å². The van der Waals surface area contributed by atoms with Crippen molar-refractivity contribution in [2.24, 2.45) is 5.92 Å². The van der Waals surface area contributed by atoms with Gasteiger partial charge in [0.05, 0.1) is 0 Å². The molecule has 0 saturated heterocycles. The first-order valence-corrected chi connectivity index (χ1v) is 4.91. The van der Waals surface area contributed by atoms with Crippen molar-refractivity contribution in [1.29, 1.82) is 0 Å². The van der Waals surface area contributed by atoms with Crippen LogP contribution in [0.4, 0.5) is 0 Å². The van der Waals surface area contributed by atoms with Crippen molar-refractivity contribution in [3.63, 3.8) is 0 Å². The third kappa shape index (κ3) is 0.830. The first kappa shape index (κ1) is 7.80. The molecule has 2 aromatic rings. The molecule has 2 nitrogen and oxygen atoms in total. The maximum absolute atomic E-state index is 11.9. The van der Waals surface area contributed by atoms with Gasteiger partial charge in [-0.25, -0.2) is 0 Å². The van der Waals surface area contributed by atoms with Gasteiger partial charge in [0.2, 0.25) is 0 Å². The van der Waals surface area contributed by atoms with E-state index in [0.717, 1.165) is 28.6 Å². The van der Waals surface area contributed by atoms with E-state index < -0.39 is 0 Å². The summed E-state index contributed by atoms with van der Waals surface area (Å²) in [4.78, 5) is 15.2. The average molecular weight is 185 g/mol. The molecule has 0 bridgehead atoms. The van der Waals surface area contributed by atoms with Crippen LogP contribution < -0.4 is 0 Å². The summed E-state index contributed by atoms with van der Waals surface area (Å²) < 4.78 is 0. The molecule has 70 valence electrons. The highest BCUT2D eigenvalue weighted by molar-refractivity contribution is 6.12. The van der Waals surface area contributed by atoms with E-state index in [-0.39, 0.29) is 11.7 Å². The second-order valence-electron chi connectivity index (χ2n) is 3.99. The quantitative estimate of drug-likeness (QED) is 0.672. The molecule has 2 heteroatoms. The molecule has 0 saturated carbocycles. The summed E-state index contributed by atoms with van der Waals surface area (Å²) in [5.41, 5.74) is 3.12. The average Bonchev–Trinajstić information content (AvgIpc) is 2.65. The SMILES string of the molecule is CC1Cc2[nH]c3ccccc3c2C1=O. The predicted octanol–water partition coefficient (Wildman–Crippen LogP) is 2.54. The maximum atomic E-state index is 11.9. The second kappa shape index (κ2) is 2.47. The first-order chi connectivity index (χ1) is 6.77. The third-order valence-corrected chi connectivity index (χ3v) is 2.99. The van der Waals surface area contributed by atoms with Crippen molar-refractivity contribution in [2.45, 2.75) is 13.3 Å². The van der Waals surface area contributed by atoms with Crippen LogP contribution in [0.25, 0.3) is 10.9 Å². The van der Waals surface area contributed by atoms with Gasteiger partial charge in [0.15, 0.2) is 5.78 Å². The smallest absolute Gasteiger partial charge is 0.168 e. The molecule has 14 heavy (non-hydrogen) atoms. The summed E-state index contributed by atoms with van der Waals surface area (Å²) in [5, 5.41) is 1.08. The van der Waals surface area contributed by atoms with Gasteiger partial charge in [0.25, 0.3) is 0 Å².